The number of hydrogen-bond donors (Lipinski definition) is 10. The molecule has 0 radical (unpaired) electrons. The molecule has 24 nitrogen and oxygen atoms in total. The van der Waals surface area contributed by atoms with Crippen LogP contribution in [0.5, 0.6) is 0 Å². The molecule has 0 unspecified atom stereocenters. The van der Waals surface area contributed by atoms with Crippen LogP contribution in [0.15, 0.2) is 97.1 Å². The smallest absolute Gasteiger partial charge is 0.326 e. The summed E-state index contributed by atoms with van der Waals surface area (Å²) in [5, 5.41) is 46.6. The van der Waals surface area contributed by atoms with E-state index in [2.05, 4.69) is 42.5 Å². The predicted octanol–water partition coefficient (Wildman–Crippen LogP) is 3.65. The van der Waals surface area contributed by atoms with Gasteiger partial charge in [0.15, 0.2) is 5.78 Å². The lowest BCUT2D eigenvalue weighted by molar-refractivity contribution is -0.153. The number of aliphatic carboxylic acids is 2. The normalized spacial score (nSPS) is 22.4. The highest BCUT2D eigenvalue weighted by molar-refractivity contribution is 5.99. The summed E-state index contributed by atoms with van der Waals surface area (Å²) >= 11 is 0. The van der Waals surface area contributed by atoms with Crippen LogP contribution in [0.4, 0.5) is 0 Å². The van der Waals surface area contributed by atoms with E-state index in [0.29, 0.717) is 11.1 Å². The first-order chi connectivity index (χ1) is 43.9. The van der Waals surface area contributed by atoms with Crippen LogP contribution in [0.3, 0.4) is 0 Å². The van der Waals surface area contributed by atoms with Crippen molar-refractivity contribution in [2.24, 2.45) is 16.7 Å². The molecule has 2 bridgehead atoms. The van der Waals surface area contributed by atoms with E-state index >= 15 is 4.79 Å². The number of likely N-dealkylation sites (N-methyl/N-ethyl adjacent to an activating group) is 2. The molecular formula is C69H92N10O14. The van der Waals surface area contributed by atoms with Crippen molar-refractivity contribution < 1.29 is 67.7 Å². The minimum atomic E-state index is -1.64. The molecule has 2 heterocycles. The van der Waals surface area contributed by atoms with Crippen molar-refractivity contribution in [1.29, 1.82) is 0 Å². The van der Waals surface area contributed by atoms with Gasteiger partial charge in [0.25, 0.3) is 0 Å². The highest BCUT2D eigenvalue weighted by atomic mass is 16.4. The van der Waals surface area contributed by atoms with Gasteiger partial charge < -0.3 is 62.5 Å². The summed E-state index contributed by atoms with van der Waals surface area (Å²) in [7, 11) is 3.15. The van der Waals surface area contributed by atoms with E-state index in [1.807, 2.05) is 72.8 Å². The number of ketones is 2. The van der Waals surface area contributed by atoms with Crippen LogP contribution in [0, 0.1) is 16.7 Å². The number of allylic oxidation sites excluding steroid dienone is 1. The lowest BCUT2D eigenvalue weighted by Crippen LogP contribution is -2.67. The van der Waals surface area contributed by atoms with Crippen LogP contribution in [0.25, 0.3) is 21.5 Å². The van der Waals surface area contributed by atoms with Crippen LogP contribution in [0.1, 0.15) is 118 Å². The van der Waals surface area contributed by atoms with Gasteiger partial charge in [0.05, 0.1) is 24.7 Å². The molecule has 4 aromatic carbocycles. The van der Waals surface area contributed by atoms with Gasteiger partial charge >= 0.3 is 11.9 Å². The summed E-state index contributed by atoms with van der Waals surface area (Å²) < 4.78 is 0. The molecule has 8 amide bonds. The first-order valence-electron chi connectivity index (χ1n) is 31.7. The van der Waals surface area contributed by atoms with Crippen molar-refractivity contribution in [2.45, 2.75) is 174 Å². The number of hydrogen-bond acceptors (Lipinski definition) is 14. The maximum absolute atomic E-state index is 15.1. The van der Waals surface area contributed by atoms with Gasteiger partial charge in [-0.3, -0.25) is 47.9 Å². The van der Waals surface area contributed by atoms with Crippen molar-refractivity contribution in [3.8, 4) is 0 Å². The van der Waals surface area contributed by atoms with Crippen molar-refractivity contribution >= 4 is 92.3 Å². The Morgan fingerprint density at radius 1 is 0.591 bits per heavy atom. The van der Waals surface area contributed by atoms with E-state index in [1.165, 1.54) is 15.9 Å². The van der Waals surface area contributed by atoms with Crippen molar-refractivity contribution in [2.75, 3.05) is 33.7 Å². The Morgan fingerprint density at radius 2 is 1.12 bits per heavy atom. The molecule has 4 aromatic rings. The molecule has 1 saturated heterocycles. The summed E-state index contributed by atoms with van der Waals surface area (Å²) in [6.45, 7) is 12.8. The van der Waals surface area contributed by atoms with E-state index in [4.69, 9.17) is 0 Å². The lowest BCUT2D eigenvalue weighted by Gasteiger charge is -2.44. The Morgan fingerprint density at radius 3 is 1.67 bits per heavy atom. The molecule has 2 aliphatic heterocycles. The summed E-state index contributed by atoms with van der Waals surface area (Å²) in [4.78, 5) is 172. The fraction of sp³-hybridized carbons (Fsp3) is 0.507. The topological polar surface area (TPSA) is 348 Å². The van der Waals surface area contributed by atoms with E-state index in [9.17, 15) is 63.0 Å². The van der Waals surface area contributed by atoms with Gasteiger partial charge in [-0.1, -0.05) is 139 Å². The van der Waals surface area contributed by atoms with Crippen LogP contribution in [-0.2, 0) is 70.4 Å². The Kier molecular flexibility index (Phi) is 26.0. The zero-order valence-corrected chi connectivity index (χ0v) is 54.9. The van der Waals surface area contributed by atoms with Crippen molar-refractivity contribution in [3.63, 3.8) is 0 Å². The number of amides is 8. The number of Topliss-reactive ketones (excluding diaryl/α,β-unsaturated/α-hetero) is 2. The quantitative estimate of drug-likeness (QED) is 0.0760. The summed E-state index contributed by atoms with van der Waals surface area (Å²) in [5.41, 5.74) is -0.641. The molecule has 10 N–H and O–H groups in total. The molecule has 0 saturated carbocycles. The van der Waals surface area contributed by atoms with Gasteiger partial charge in [0.1, 0.15) is 42.0 Å². The lowest BCUT2D eigenvalue weighted by atomic mass is 9.85. The maximum atomic E-state index is 15.1. The molecule has 24 heteroatoms. The third-order valence-electron chi connectivity index (χ3n) is 17.2. The summed E-state index contributed by atoms with van der Waals surface area (Å²) in [6.07, 6.45) is 0.242. The third kappa shape index (κ3) is 20.8. The fourth-order valence-electron chi connectivity index (χ4n) is 11.2. The highest BCUT2D eigenvalue weighted by Crippen LogP contribution is 2.27. The molecule has 0 aromatic heterocycles. The predicted molar refractivity (Wildman–Crippen MR) is 350 cm³/mol. The molecule has 6 rings (SSSR count). The molecule has 502 valence electrons. The summed E-state index contributed by atoms with van der Waals surface area (Å²) in [6, 6.07) is 14.4. The van der Waals surface area contributed by atoms with Gasteiger partial charge in [-0.05, 0) is 104 Å². The average molecular weight is 1290 g/mol. The first-order valence-corrected chi connectivity index (χ1v) is 31.7. The number of benzene rings is 4. The Hall–Kier alpha value is -8.90. The number of piperazine rings is 1. The Bertz CT molecular complexity index is 3450. The van der Waals surface area contributed by atoms with E-state index < -0.39 is 174 Å². The second-order valence-corrected chi connectivity index (χ2v) is 26.4. The maximum Gasteiger partial charge on any atom is 0.326 e. The number of fused-ring (bicyclic) bond motifs is 4. The van der Waals surface area contributed by atoms with Gasteiger partial charge in [0.2, 0.25) is 47.3 Å². The zero-order chi connectivity index (χ0) is 68.5. The van der Waals surface area contributed by atoms with E-state index in [-0.39, 0.29) is 51.6 Å². The minimum Gasteiger partial charge on any atom is -0.480 e. The van der Waals surface area contributed by atoms with Gasteiger partial charge in [-0.2, -0.15) is 0 Å². The number of carboxylic acids is 2. The molecule has 93 heavy (non-hydrogen) atoms. The highest BCUT2D eigenvalue weighted by Gasteiger charge is 2.45. The number of nitrogens with one attached hydrogen (secondary N) is 8. The Labute approximate surface area is 542 Å². The van der Waals surface area contributed by atoms with Gasteiger partial charge in [0, 0.05) is 51.1 Å². The number of nitrogens with zero attached hydrogens (tertiary/aromatic N) is 2. The zero-order valence-electron chi connectivity index (χ0n) is 54.9. The SMILES string of the molecule is CN[C@@H](C)C(=O)N[C@H](C(=O)N[C@H]1C/C=C/CC[C@@H](C(=O)O)NC(=O)[C@H](Cc2ccc3ccccc3c2)NC(=O)[C@@H]2CN(CCN2C(=O)[C@@H](NC(=O)[C@H](C)NC)C(C)(C)C)C(=O)CCC(=O)CC[C@@H](C(=O)O)NC(=O)[C@H](Cc2ccc3ccccc3c2)CC1=O)C(C)(C)C. The second-order valence-electron chi connectivity index (χ2n) is 26.4. The van der Waals surface area contributed by atoms with Crippen LogP contribution < -0.4 is 42.5 Å². The van der Waals surface area contributed by atoms with Gasteiger partial charge in [-0.25, -0.2) is 9.59 Å². The average Bonchev–Trinajstić information content (AvgIpc) is 0.850. The van der Waals surface area contributed by atoms with Crippen LogP contribution >= 0.6 is 0 Å². The molecule has 0 aliphatic carbocycles. The van der Waals surface area contributed by atoms with E-state index in [0.717, 1.165) is 21.5 Å². The molecule has 2 aliphatic rings. The number of carbonyl (C=O) groups is 12. The van der Waals surface area contributed by atoms with Gasteiger partial charge in [-0.15, -0.1) is 0 Å². The standard InChI is InChI=1S/C69H92N10O14/c1-40(70-9)59(83)76-57(68(3,4)5)64(88)72-50-22-12-11-13-23-51(66(90)91)74-62(86)53(37-43-25-27-45-19-15-17-21-47(45)35-43)75-63(87)54-39-78(32-33-79(54)65(89)58(69(6,7)8)77-60(84)41(2)71-10)56(82)31-29-49(80)28-30-52(67(92)93)73-61(85)48(38-55(50)81)36-42-24-26-44-18-14-16-20-46(44)34-42/h11-12,14-21,24-27,34-35,40-41,48,50-54,57-58,70-71H,13,22-23,28-33,36-39H2,1-10H3,(H,72,88)(H,73,85)(H,74,86)(H,75,87)(H,76,83)(H,77,84)(H,90,91)(H,92,93)/b12-11+/t40-,41-,48+,50-,51-,52-,53-,54-,57+,58+/m0/s1. The minimum absolute atomic E-state index is 0.0238. The monoisotopic (exact) mass is 1280 g/mol. The third-order valence-corrected chi connectivity index (χ3v) is 17.2. The molecule has 1 fully saturated rings. The summed E-state index contributed by atoms with van der Waals surface area (Å²) in [5.74, 6) is -11.0. The largest absolute Gasteiger partial charge is 0.480 e. The molecule has 0 spiro atoms. The fourth-order valence-corrected chi connectivity index (χ4v) is 11.2. The van der Waals surface area contributed by atoms with Crippen molar-refractivity contribution in [3.05, 3.63) is 108 Å². The number of carboxylic acid groups (broad SMARTS) is 2. The first kappa shape index (κ1) is 73.2. The Balaban J connectivity index is 1.40. The molecule has 10 atom stereocenters. The van der Waals surface area contributed by atoms with Crippen LogP contribution in [0.2, 0.25) is 0 Å². The number of rotatable bonds is 15. The molecular weight excluding hydrogens is 1190 g/mol. The second kappa shape index (κ2) is 33.1. The van der Waals surface area contributed by atoms with Crippen LogP contribution in [-0.4, -0.2) is 179 Å². The number of carbonyl (C=O) groups excluding carboxylic acids is 10. The van der Waals surface area contributed by atoms with Crippen molar-refractivity contribution in [1.82, 2.24) is 52.3 Å². The van der Waals surface area contributed by atoms with E-state index in [1.54, 1.807) is 87.7 Å².